The van der Waals surface area contributed by atoms with Gasteiger partial charge in [0.05, 0.1) is 21.3 Å². The monoisotopic (exact) mass is 380 g/mol. The average Bonchev–Trinajstić information content (AvgIpc) is 2.74. The van der Waals surface area contributed by atoms with Crippen LogP contribution in [-0.4, -0.2) is 37.2 Å². The second-order valence-electron chi connectivity index (χ2n) is 5.67. The summed E-state index contributed by atoms with van der Waals surface area (Å²) in [7, 11) is 4.69. The Morgan fingerprint density at radius 3 is 2.21 bits per heavy atom. The highest BCUT2D eigenvalue weighted by Gasteiger charge is 2.11. The first kappa shape index (κ1) is 19.0. The van der Waals surface area contributed by atoms with Crippen LogP contribution >= 0.6 is 0 Å². The highest BCUT2D eigenvalue weighted by molar-refractivity contribution is 6.03. The van der Waals surface area contributed by atoms with E-state index in [0.717, 1.165) is 11.4 Å². The molecule has 8 nitrogen and oxygen atoms in total. The molecule has 0 spiro atoms. The largest absolute Gasteiger partial charge is 0.497 e. The average molecular weight is 380 g/mol. The van der Waals surface area contributed by atoms with Crippen LogP contribution in [0.2, 0.25) is 0 Å². The third-order valence-corrected chi connectivity index (χ3v) is 3.90. The molecule has 0 radical (unpaired) electrons. The van der Waals surface area contributed by atoms with Crippen molar-refractivity contribution in [1.29, 1.82) is 0 Å². The zero-order valence-corrected chi connectivity index (χ0v) is 15.7. The molecule has 1 aromatic heterocycles. The second kappa shape index (κ2) is 8.72. The van der Waals surface area contributed by atoms with E-state index in [0.29, 0.717) is 23.0 Å². The number of carbonyl (C=O) groups excluding carboxylic acids is 1. The van der Waals surface area contributed by atoms with E-state index in [2.05, 4.69) is 20.6 Å². The molecule has 8 heteroatoms. The lowest BCUT2D eigenvalue weighted by Gasteiger charge is -2.11. The van der Waals surface area contributed by atoms with Crippen molar-refractivity contribution in [3.8, 4) is 17.2 Å². The van der Waals surface area contributed by atoms with Crippen molar-refractivity contribution in [2.75, 3.05) is 32.0 Å². The zero-order chi connectivity index (χ0) is 19.9. The minimum Gasteiger partial charge on any atom is -0.497 e. The normalized spacial score (nSPS) is 10.1. The van der Waals surface area contributed by atoms with E-state index in [-0.39, 0.29) is 11.6 Å². The highest BCUT2D eigenvalue weighted by Crippen LogP contribution is 2.30. The van der Waals surface area contributed by atoms with E-state index >= 15 is 0 Å². The van der Waals surface area contributed by atoms with Crippen molar-refractivity contribution in [3.05, 3.63) is 60.6 Å². The van der Waals surface area contributed by atoms with Gasteiger partial charge in [0.1, 0.15) is 23.6 Å². The van der Waals surface area contributed by atoms with Gasteiger partial charge in [-0.1, -0.05) is 0 Å². The van der Waals surface area contributed by atoms with Gasteiger partial charge in [-0.05, 0) is 36.4 Å². The molecule has 1 amide bonds. The van der Waals surface area contributed by atoms with E-state index in [1.54, 1.807) is 38.5 Å². The number of nitrogens with zero attached hydrogens (tertiary/aromatic N) is 2. The molecule has 0 aliphatic carbocycles. The fourth-order valence-electron chi connectivity index (χ4n) is 2.48. The van der Waals surface area contributed by atoms with Crippen LogP contribution < -0.4 is 24.8 Å². The number of carbonyl (C=O) groups is 1. The molecule has 0 aliphatic heterocycles. The first-order chi connectivity index (χ1) is 13.6. The van der Waals surface area contributed by atoms with Gasteiger partial charge < -0.3 is 24.8 Å². The fourth-order valence-corrected chi connectivity index (χ4v) is 2.48. The molecule has 0 atom stereocenters. The van der Waals surface area contributed by atoms with Gasteiger partial charge in [-0.2, -0.15) is 0 Å². The lowest BCUT2D eigenvalue weighted by Crippen LogP contribution is -2.14. The lowest BCUT2D eigenvalue weighted by atomic mass is 10.2. The fraction of sp³-hybridized carbons (Fsp3) is 0.150. The Morgan fingerprint density at radius 2 is 1.54 bits per heavy atom. The first-order valence-electron chi connectivity index (χ1n) is 8.39. The zero-order valence-electron chi connectivity index (χ0n) is 15.7. The molecular formula is C20H20N4O4. The molecular weight excluding hydrogens is 360 g/mol. The van der Waals surface area contributed by atoms with Gasteiger partial charge in [-0.25, -0.2) is 9.97 Å². The molecule has 3 aromatic rings. The topological polar surface area (TPSA) is 94.6 Å². The van der Waals surface area contributed by atoms with Crippen molar-refractivity contribution in [2.45, 2.75) is 0 Å². The van der Waals surface area contributed by atoms with Gasteiger partial charge in [-0.3, -0.25) is 4.79 Å². The number of hydrogen-bond donors (Lipinski definition) is 2. The SMILES string of the molecule is COc1ccc(Nc2cc(C(=O)Nc3ccc(OC)c(OC)c3)ncn2)cc1. The summed E-state index contributed by atoms with van der Waals surface area (Å²) >= 11 is 0. The molecule has 28 heavy (non-hydrogen) atoms. The number of hydrogen-bond acceptors (Lipinski definition) is 7. The Bertz CT molecular complexity index is 961. The van der Waals surface area contributed by atoms with E-state index in [1.165, 1.54) is 13.4 Å². The molecule has 0 aliphatic rings. The van der Waals surface area contributed by atoms with Gasteiger partial charge >= 0.3 is 0 Å². The van der Waals surface area contributed by atoms with Crippen LogP contribution in [0.3, 0.4) is 0 Å². The molecule has 144 valence electrons. The van der Waals surface area contributed by atoms with Crippen LogP contribution in [-0.2, 0) is 0 Å². The number of methoxy groups -OCH3 is 3. The number of nitrogens with one attached hydrogen (secondary N) is 2. The summed E-state index contributed by atoms with van der Waals surface area (Å²) in [4.78, 5) is 20.7. The van der Waals surface area contributed by atoms with E-state index in [9.17, 15) is 4.79 Å². The molecule has 0 unspecified atom stereocenters. The summed E-state index contributed by atoms with van der Waals surface area (Å²) in [6.45, 7) is 0. The summed E-state index contributed by atoms with van der Waals surface area (Å²) in [6.07, 6.45) is 1.33. The van der Waals surface area contributed by atoms with Crippen molar-refractivity contribution >= 4 is 23.1 Å². The number of anilines is 3. The molecule has 2 aromatic carbocycles. The maximum absolute atomic E-state index is 12.5. The maximum atomic E-state index is 12.5. The number of amides is 1. The van der Waals surface area contributed by atoms with Gasteiger partial charge in [0, 0.05) is 23.5 Å². The number of benzene rings is 2. The van der Waals surface area contributed by atoms with E-state index in [4.69, 9.17) is 14.2 Å². The van der Waals surface area contributed by atoms with Crippen LogP contribution in [0, 0.1) is 0 Å². The Hall–Kier alpha value is -3.81. The Kier molecular flexibility index (Phi) is 5.91. The first-order valence-corrected chi connectivity index (χ1v) is 8.39. The van der Waals surface area contributed by atoms with E-state index in [1.807, 2.05) is 24.3 Å². The van der Waals surface area contributed by atoms with Crippen LogP contribution in [0.25, 0.3) is 0 Å². The van der Waals surface area contributed by atoms with Crippen molar-refractivity contribution in [3.63, 3.8) is 0 Å². The van der Waals surface area contributed by atoms with Gasteiger partial charge in [-0.15, -0.1) is 0 Å². The van der Waals surface area contributed by atoms with Crippen molar-refractivity contribution in [1.82, 2.24) is 9.97 Å². The van der Waals surface area contributed by atoms with Crippen LogP contribution in [0.5, 0.6) is 17.2 Å². The van der Waals surface area contributed by atoms with Crippen LogP contribution in [0.4, 0.5) is 17.2 Å². The summed E-state index contributed by atoms with van der Waals surface area (Å²) in [6, 6.07) is 14.0. The van der Waals surface area contributed by atoms with Gasteiger partial charge in [0.2, 0.25) is 0 Å². The minimum atomic E-state index is -0.368. The van der Waals surface area contributed by atoms with Crippen LogP contribution in [0.15, 0.2) is 54.9 Å². The smallest absolute Gasteiger partial charge is 0.274 e. The standard InChI is InChI=1S/C20H20N4O4/c1-26-15-7-4-13(5-8-15)23-19-11-16(21-12-22-19)20(25)24-14-6-9-17(27-2)18(10-14)28-3/h4-12H,1-3H3,(H,24,25)(H,21,22,23). The van der Waals surface area contributed by atoms with Gasteiger partial charge in [0.15, 0.2) is 11.5 Å². The molecule has 0 saturated carbocycles. The number of ether oxygens (including phenoxy) is 3. The summed E-state index contributed by atoms with van der Waals surface area (Å²) in [5, 5.41) is 5.91. The third-order valence-electron chi connectivity index (χ3n) is 3.90. The Morgan fingerprint density at radius 1 is 0.821 bits per heavy atom. The highest BCUT2D eigenvalue weighted by atomic mass is 16.5. The van der Waals surface area contributed by atoms with Crippen LogP contribution in [0.1, 0.15) is 10.5 Å². The molecule has 0 fully saturated rings. The number of aromatic nitrogens is 2. The molecule has 2 N–H and O–H groups in total. The summed E-state index contributed by atoms with van der Waals surface area (Å²) in [5.74, 6) is 1.98. The second-order valence-corrected chi connectivity index (χ2v) is 5.67. The quantitative estimate of drug-likeness (QED) is 0.648. The Labute approximate surface area is 162 Å². The molecule has 3 rings (SSSR count). The molecule has 0 saturated heterocycles. The maximum Gasteiger partial charge on any atom is 0.274 e. The van der Waals surface area contributed by atoms with Crippen molar-refractivity contribution < 1.29 is 19.0 Å². The van der Waals surface area contributed by atoms with Crippen molar-refractivity contribution in [2.24, 2.45) is 0 Å². The lowest BCUT2D eigenvalue weighted by molar-refractivity contribution is 0.102. The summed E-state index contributed by atoms with van der Waals surface area (Å²) < 4.78 is 15.6. The predicted octanol–water partition coefficient (Wildman–Crippen LogP) is 3.50. The molecule has 1 heterocycles. The van der Waals surface area contributed by atoms with Gasteiger partial charge in [0.25, 0.3) is 5.91 Å². The summed E-state index contributed by atoms with van der Waals surface area (Å²) in [5.41, 5.74) is 1.59. The number of rotatable bonds is 7. The Balaban J connectivity index is 1.73. The molecule has 0 bridgehead atoms. The third kappa shape index (κ3) is 4.47. The minimum absolute atomic E-state index is 0.223. The predicted molar refractivity (Wildman–Crippen MR) is 106 cm³/mol. The van der Waals surface area contributed by atoms with E-state index < -0.39 is 0 Å².